The van der Waals surface area contributed by atoms with Gasteiger partial charge in [0.1, 0.15) is 6.61 Å². The van der Waals surface area contributed by atoms with Crippen molar-refractivity contribution in [3.63, 3.8) is 0 Å². The molecular weight excluding hydrogens is 529 g/mol. The fourth-order valence-electron chi connectivity index (χ4n) is 3.09. The van der Waals surface area contributed by atoms with E-state index in [2.05, 4.69) is 20.9 Å². The van der Waals surface area contributed by atoms with Gasteiger partial charge < -0.3 is 14.2 Å². The quantitative estimate of drug-likeness (QED) is 0.235. The van der Waals surface area contributed by atoms with Gasteiger partial charge in [-0.3, -0.25) is 0 Å². The summed E-state index contributed by atoms with van der Waals surface area (Å²) in [4.78, 5) is 16.7. The second-order valence-electron chi connectivity index (χ2n) is 7.01. The highest BCUT2D eigenvalue weighted by atomic mass is 79.9. The van der Waals surface area contributed by atoms with Gasteiger partial charge in [0.15, 0.2) is 17.2 Å². The van der Waals surface area contributed by atoms with E-state index in [1.54, 1.807) is 36.4 Å². The maximum Gasteiger partial charge on any atom is 0.363 e. The van der Waals surface area contributed by atoms with E-state index in [0.29, 0.717) is 45.9 Å². The van der Waals surface area contributed by atoms with Crippen LogP contribution in [-0.2, 0) is 16.1 Å². The first-order valence-electron chi connectivity index (χ1n) is 10.0. The third kappa shape index (κ3) is 5.77. The molecule has 3 aromatic rings. The molecule has 0 radical (unpaired) electrons. The molecule has 0 atom stereocenters. The zero-order chi connectivity index (χ0) is 23.4. The highest BCUT2D eigenvalue weighted by Gasteiger charge is 2.25. The van der Waals surface area contributed by atoms with E-state index in [4.69, 9.17) is 37.4 Å². The molecule has 0 saturated heterocycles. The van der Waals surface area contributed by atoms with Crippen LogP contribution in [0.25, 0.3) is 6.08 Å². The van der Waals surface area contributed by atoms with Crippen LogP contribution < -0.4 is 9.47 Å². The van der Waals surface area contributed by atoms with Crippen molar-refractivity contribution in [3.8, 4) is 11.5 Å². The van der Waals surface area contributed by atoms with Gasteiger partial charge in [-0.25, -0.2) is 9.79 Å². The van der Waals surface area contributed by atoms with Gasteiger partial charge >= 0.3 is 5.97 Å². The van der Waals surface area contributed by atoms with Gasteiger partial charge in [-0.15, -0.1) is 0 Å². The van der Waals surface area contributed by atoms with Crippen LogP contribution in [0.15, 0.2) is 75.8 Å². The molecule has 0 unspecified atom stereocenters. The first kappa shape index (κ1) is 23.4. The number of ether oxygens (including phenoxy) is 3. The van der Waals surface area contributed by atoms with Gasteiger partial charge in [-0.1, -0.05) is 57.3 Å². The average Bonchev–Trinajstić information content (AvgIpc) is 3.14. The maximum absolute atomic E-state index is 12.4. The topological polar surface area (TPSA) is 57.1 Å². The van der Waals surface area contributed by atoms with Gasteiger partial charge in [-0.2, -0.15) is 0 Å². The number of carbonyl (C=O) groups excluding carboxylic acids is 1. The van der Waals surface area contributed by atoms with E-state index in [1.165, 1.54) is 0 Å². The summed E-state index contributed by atoms with van der Waals surface area (Å²) in [6.07, 6.45) is 1.63. The second kappa shape index (κ2) is 10.4. The SMILES string of the molecule is CCOc1cc(/C=C2\N=C(c3ccc(Cl)cc3Cl)OC2=O)ccc1OCc1ccc(Br)cc1. The van der Waals surface area contributed by atoms with Gasteiger partial charge in [0, 0.05) is 9.50 Å². The Labute approximate surface area is 209 Å². The van der Waals surface area contributed by atoms with Crippen molar-refractivity contribution in [2.45, 2.75) is 13.5 Å². The Morgan fingerprint density at radius 1 is 1.00 bits per heavy atom. The number of rotatable bonds is 7. The first-order chi connectivity index (χ1) is 15.9. The lowest BCUT2D eigenvalue weighted by molar-refractivity contribution is -0.129. The molecule has 5 nitrogen and oxygen atoms in total. The zero-order valence-corrected chi connectivity index (χ0v) is 20.6. The molecular formula is C25H18BrCl2NO4. The number of esters is 1. The third-order valence-electron chi connectivity index (χ3n) is 4.66. The molecule has 1 aliphatic heterocycles. The molecule has 0 aliphatic carbocycles. The molecule has 0 fully saturated rings. The normalized spacial score (nSPS) is 14.2. The monoisotopic (exact) mass is 545 g/mol. The number of hydrogen-bond acceptors (Lipinski definition) is 5. The lowest BCUT2D eigenvalue weighted by Gasteiger charge is -2.13. The van der Waals surface area contributed by atoms with Crippen LogP contribution >= 0.6 is 39.1 Å². The summed E-state index contributed by atoms with van der Waals surface area (Å²) in [6, 6.07) is 18.2. The molecule has 33 heavy (non-hydrogen) atoms. The van der Waals surface area contributed by atoms with Crippen molar-refractivity contribution >= 4 is 57.1 Å². The highest BCUT2D eigenvalue weighted by molar-refractivity contribution is 9.10. The molecule has 0 spiro atoms. The number of nitrogens with zero attached hydrogens (tertiary/aromatic N) is 1. The van der Waals surface area contributed by atoms with E-state index in [-0.39, 0.29) is 11.6 Å². The molecule has 4 rings (SSSR count). The molecule has 1 heterocycles. The third-order valence-corrected chi connectivity index (χ3v) is 5.74. The van der Waals surface area contributed by atoms with E-state index in [9.17, 15) is 4.79 Å². The van der Waals surface area contributed by atoms with Crippen molar-refractivity contribution in [3.05, 3.63) is 97.6 Å². The van der Waals surface area contributed by atoms with E-state index in [0.717, 1.165) is 10.0 Å². The Bertz CT molecular complexity index is 1260. The lowest BCUT2D eigenvalue weighted by Crippen LogP contribution is -2.05. The summed E-state index contributed by atoms with van der Waals surface area (Å²) in [5.41, 5.74) is 2.39. The summed E-state index contributed by atoms with van der Waals surface area (Å²) >= 11 is 15.6. The highest BCUT2D eigenvalue weighted by Crippen LogP contribution is 2.31. The lowest BCUT2D eigenvalue weighted by atomic mass is 10.1. The Balaban J connectivity index is 1.56. The number of carbonyl (C=O) groups is 1. The van der Waals surface area contributed by atoms with Gasteiger partial charge in [0.05, 0.1) is 17.2 Å². The molecule has 168 valence electrons. The fraction of sp³-hybridized carbons (Fsp3) is 0.120. The smallest absolute Gasteiger partial charge is 0.363 e. The van der Waals surface area contributed by atoms with Crippen molar-refractivity contribution in [1.82, 2.24) is 0 Å². The molecule has 0 bridgehead atoms. The Hall–Kier alpha value is -2.80. The van der Waals surface area contributed by atoms with Crippen LogP contribution in [0.2, 0.25) is 10.0 Å². The van der Waals surface area contributed by atoms with Gasteiger partial charge in [0.2, 0.25) is 5.90 Å². The summed E-state index contributed by atoms with van der Waals surface area (Å²) in [5, 5.41) is 0.830. The number of halogens is 3. The molecule has 0 amide bonds. The molecule has 0 saturated carbocycles. The van der Waals surface area contributed by atoms with E-state index < -0.39 is 5.97 Å². The fourth-order valence-corrected chi connectivity index (χ4v) is 3.84. The van der Waals surface area contributed by atoms with Crippen LogP contribution in [0.5, 0.6) is 11.5 Å². The molecule has 8 heteroatoms. The predicted molar refractivity (Wildman–Crippen MR) is 133 cm³/mol. The molecule has 3 aromatic carbocycles. The van der Waals surface area contributed by atoms with Gasteiger partial charge in [0.25, 0.3) is 0 Å². The first-order valence-corrected chi connectivity index (χ1v) is 11.6. The largest absolute Gasteiger partial charge is 0.490 e. The predicted octanol–water partition coefficient (Wildman–Crippen LogP) is 7.08. The molecule has 0 aromatic heterocycles. The minimum Gasteiger partial charge on any atom is -0.490 e. The van der Waals surface area contributed by atoms with Crippen molar-refractivity contribution < 1.29 is 19.0 Å². The Morgan fingerprint density at radius 2 is 1.79 bits per heavy atom. The maximum atomic E-state index is 12.4. The van der Waals surface area contributed by atoms with Crippen LogP contribution in [-0.4, -0.2) is 18.5 Å². The average molecular weight is 547 g/mol. The number of hydrogen-bond donors (Lipinski definition) is 0. The van der Waals surface area contributed by atoms with E-state index in [1.807, 2.05) is 37.3 Å². The van der Waals surface area contributed by atoms with E-state index >= 15 is 0 Å². The molecule has 1 aliphatic rings. The van der Waals surface area contributed by atoms with Crippen molar-refractivity contribution in [2.75, 3.05) is 6.61 Å². The van der Waals surface area contributed by atoms with Crippen LogP contribution in [0.4, 0.5) is 0 Å². The van der Waals surface area contributed by atoms with Crippen molar-refractivity contribution in [2.24, 2.45) is 4.99 Å². The number of cyclic esters (lactones) is 1. The van der Waals surface area contributed by atoms with Crippen LogP contribution in [0, 0.1) is 0 Å². The minimum atomic E-state index is -0.565. The summed E-state index contributed by atoms with van der Waals surface area (Å²) in [6.45, 7) is 2.76. The number of benzene rings is 3. The number of aliphatic imine (C=N–C) groups is 1. The summed E-state index contributed by atoms with van der Waals surface area (Å²) in [7, 11) is 0. The van der Waals surface area contributed by atoms with Crippen LogP contribution in [0.1, 0.15) is 23.6 Å². The van der Waals surface area contributed by atoms with Crippen molar-refractivity contribution in [1.29, 1.82) is 0 Å². The molecule has 0 N–H and O–H groups in total. The standard InChI is InChI=1S/C25H18BrCl2NO4/c1-2-31-23-12-16(5-10-22(23)32-14-15-3-6-17(26)7-4-15)11-21-25(30)33-24(29-21)19-9-8-18(27)13-20(19)28/h3-13H,2,14H2,1H3/b21-11-. The second-order valence-corrected chi connectivity index (χ2v) is 8.77. The minimum absolute atomic E-state index is 0.132. The summed E-state index contributed by atoms with van der Waals surface area (Å²) < 4.78 is 18.0. The summed E-state index contributed by atoms with van der Waals surface area (Å²) in [5.74, 6) is 0.741. The van der Waals surface area contributed by atoms with Crippen LogP contribution in [0.3, 0.4) is 0 Å². The zero-order valence-electron chi connectivity index (χ0n) is 17.5. The Morgan fingerprint density at radius 3 is 2.52 bits per heavy atom. The Kier molecular flexibility index (Phi) is 7.38. The van der Waals surface area contributed by atoms with Gasteiger partial charge in [-0.05, 0) is 66.6 Å².